The molecular formula is C18H19ClNO4S+. The lowest BCUT2D eigenvalue weighted by molar-refractivity contribution is 0.0700. The molecular weight excluding hydrogens is 362 g/mol. The van der Waals surface area contributed by atoms with Gasteiger partial charge in [0, 0.05) is 18.1 Å². The minimum absolute atomic E-state index is 0.0512. The first-order chi connectivity index (χ1) is 12.0. The van der Waals surface area contributed by atoms with Crippen LogP contribution >= 0.6 is 11.6 Å². The lowest BCUT2D eigenvalue weighted by atomic mass is 10.0. The van der Waals surface area contributed by atoms with Crippen LogP contribution in [0.2, 0.25) is 5.02 Å². The number of ketones is 1. The predicted molar refractivity (Wildman–Crippen MR) is 97.3 cm³/mol. The summed E-state index contributed by atoms with van der Waals surface area (Å²) in [6.07, 6.45) is 0.146. The van der Waals surface area contributed by atoms with Crippen LogP contribution in [0.15, 0.2) is 53.4 Å². The number of benzene rings is 2. The molecule has 1 heterocycles. The highest BCUT2D eigenvalue weighted by atomic mass is 35.5. The van der Waals surface area contributed by atoms with E-state index in [1.165, 1.54) is 4.31 Å². The van der Waals surface area contributed by atoms with E-state index in [2.05, 4.69) is 0 Å². The molecule has 2 aromatic rings. The van der Waals surface area contributed by atoms with Crippen LogP contribution in [0.1, 0.15) is 15.9 Å². The van der Waals surface area contributed by atoms with Crippen LogP contribution in [0.3, 0.4) is 0 Å². The summed E-state index contributed by atoms with van der Waals surface area (Å²) in [4.78, 5) is 12.5. The van der Waals surface area contributed by atoms with Crippen molar-refractivity contribution in [3.8, 4) is 0 Å². The third-order valence-electron chi connectivity index (χ3n) is 4.06. The Kier molecular flexibility index (Phi) is 5.66. The van der Waals surface area contributed by atoms with Crippen LogP contribution in [0.25, 0.3) is 0 Å². The maximum Gasteiger partial charge on any atom is 0.327 e. The first-order valence-corrected chi connectivity index (χ1v) is 9.79. The molecule has 1 N–H and O–H groups in total. The Morgan fingerprint density at radius 3 is 2.52 bits per heavy atom. The van der Waals surface area contributed by atoms with Gasteiger partial charge in [0.15, 0.2) is 5.78 Å². The van der Waals surface area contributed by atoms with E-state index in [9.17, 15) is 13.6 Å². The topological polar surface area (TPSA) is 66.8 Å². The van der Waals surface area contributed by atoms with E-state index in [0.29, 0.717) is 37.4 Å². The van der Waals surface area contributed by atoms with Gasteiger partial charge in [-0.25, -0.2) is 0 Å². The Hall–Kier alpha value is -1.57. The summed E-state index contributed by atoms with van der Waals surface area (Å²) in [5.41, 5.74) is 1.26. The molecule has 132 valence electrons. The van der Waals surface area contributed by atoms with Gasteiger partial charge in [-0.05, 0) is 15.8 Å². The van der Waals surface area contributed by atoms with Crippen molar-refractivity contribution in [1.82, 2.24) is 4.31 Å². The lowest BCUT2D eigenvalue weighted by Crippen LogP contribution is -2.44. The molecule has 0 saturated carbocycles. The molecule has 1 aliphatic heterocycles. The van der Waals surface area contributed by atoms with Crippen molar-refractivity contribution in [3.05, 3.63) is 64.7 Å². The second kappa shape index (κ2) is 7.76. The van der Waals surface area contributed by atoms with Gasteiger partial charge in [0.25, 0.3) is 0 Å². The Morgan fingerprint density at radius 2 is 1.84 bits per heavy atom. The van der Waals surface area contributed by atoms with E-state index in [-0.39, 0.29) is 22.1 Å². The second-order valence-corrected chi connectivity index (χ2v) is 8.13. The number of carbonyl (C=O) groups excluding carboxylic acids is 1. The average molecular weight is 381 g/mol. The standard InChI is InChI=1S/C18H18ClNO4S/c19-16-7-6-14(12-17(21)15-4-2-1-3-5-15)13-18(16)25(22,23)20-8-10-24-11-9-20/h1-7,13H,8-12H2/p+1. The second-order valence-electron chi connectivity index (χ2n) is 5.77. The molecule has 1 atom stereocenters. The number of nitrogens with zero attached hydrogens (tertiary/aromatic N) is 1. The molecule has 7 heteroatoms. The van der Waals surface area contributed by atoms with Gasteiger partial charge in [-0.1, -0.05) is 52.3 Å². The van der Waals surface area contributed by atoms with Crippen LogP contribution in [-0.4, -0.2) is 40.9 Å². The van der Waals surface area contributed by atoms with Crippen LogP contribution in [0, 0.1) is 0 Å². The summed E-state index contributed by atoms with van der Waals surface area (Å²) in [7, 11) is -3.46. The van der Waals surface area contributed by atoms with E-state index in [1.54, 1.807) is 42.5 Å². The Bertz CT molecular complexity index is 806. The summed E-state index contributed by atoms with van der Waals surface area (Å²) < 4.78 is 30.2. The Morgan fingerprint density at radius 1 is 1.16 bits per heavy atom. The lowest BCUT2D eigenvalue weighted by Gasteiger charge is -2.24. The van der Waals surface area contributed by atoms with Gasteiger partial charge >= 0.3 is 10.4 Å². The molecule has 1 aliphatic rings. The predicted octanol–water partition coefficient (Wildman–Crippen LogP) is 3.34. The molecule has 0 radical (unpaired) electrons. The molecule has 0 aromatic heterocycles. The summed E-state index contributed by atoms with van der Waals surface area (Å²) in [5, 5.41) is 0.218. The quantitative estimate of drug-likeness (QED) is 0.638. The molecule has 25 heavy (non-hydrogen) atoms. The highest BCUT2D eigenvalue weighted by Gasteiger charge is 2.41. The molecule has 1 unspecified atom stereocenters. The van der Waals surface area contributed by atoms with Gasteiger partial charge in [0.1, 0.15) is 5.02 Å². The molecule has 0 spiro atoms. The fourth-order valence-electron chi connectivity index (χ4n) is 2.71. The molecule has 0 bridgehead atoms. The van der Waals surface area contributed by atoms with Crippen molar-refractivity contribution in [2.45, 2.75) is 11.3 Å². The van der Waals surface area contributed by atoms with Crippen molar-refractivity contribution in [2.75, 3.05) is 26.3 Å². The molecule has 1 fully saturated rings. The zero-order chi connectivity index (χ0) is 17.9. The van der Waals surface area contributed by atoms with Crippen molar-refractivity contribution < 1.29 is 18.3 Å². The Balaban J connectivity index is 1.85. The number of rotatable bonds is 5. The number of ether oxygens (including phenoxy) is 1. The van der Waals surface area contributed by atoms with Crippen molar-refractivity contribution in [1.29, 1.82) is 0 Å². The van der Waals surface area contributed by atoms with Crippen molar-refractivity contribution >= 4 is 27.8 Å². The smallest absolute Gasteiger partial charge is 0.327 e. The number of Topliss-reactive ketones (excluding diaryl/α,β-unsaturated/α-hetero) is 1. The summed E-state index contributed by atoms with van der Waals surface area (Å²) in [6.45, 7) is 1.53. The van der Waals surface area contributed by atoms with E-state index >= 15 is 0 Å². The third kappa shape index (κ3) is 4.16. The number of halogens is 1. The normalized spacial score (nSPS) is 17.8. The third-order valence-corrected chi connectivity index (χ3v) is 6.48. The number of carbonyl (C=O) groups is 1. The zero-order valence-corrected chi connectivity index (χ0v) is 15.1. The van der Waals surface area contributed by atoms with Crippen LogP contribution in [0.4, 0.5) is 0 Å². The fraction of sp³-hybridized carbons (Fsp3) is 0.278. The van der Waals surface area contributed by atoms with Gasteiger partial charge in [0.2, 0.25) is 4.90 Å². The monoisotopic (exact) mass is 380 g/mol. The van der Waals surface area contributed by atoms with Gasteiger partial charge < -0.3 is 4.74 Å². The van der Waals surface area contributed by atoms with Gasteiger partial charge in [-0.3, -0.25) is 4.79 Å². The van der Waals surface area contributed by atoms with Gasteiger partial charge in [-0.15, -0.1) is 0 Å². The average Bonchev–Trinajstić information content (AvgIpc) is 2.64. The summed E-state index contributed by atoms with van der Waals surface area (Å²) >= 11 is 6.17. The molecule has 3 rings (SSSR count). The van der Waals surface area contributed by atoms with Crippen LogP contribution < -0.4 is 0 Å². The molecule has 0 amide bonds. The summed E-state index contributed by atoms with van der Waals surface area (Å²) in [5.74, 6) is -0.0512. The van der Waals surface area contributed by atoms with E-state index in [0.717, 1.165) is 0 Å². The number of hydrogen-bond donors (Lipinski definition) is 1. The van der Waals surface area contributed by atoms with Crippen LogP contribution in [0.5, 0.6) is 0 Å². The molecule has 5 nitrogen and oxygen atoms in total. The first-order valence-electron chi connectivity index (χ1n) is 7.94. The number of morpholine rings is 1. The minimum atomic E-state index is -3.46. The Labute approximate surface area is 152 Å². The molecule has 0 aliphatic carbocycles. The van der Waals surface area contributed by atoms with Crippen molar-refractivity contribution in [3.63, 3.8) is 0 Å². The number of hydrogen-bond acceptors (Lipinski definition) is 3. The molecule has 2 aromatic carbocycles. The van der Waals surface area contributed by atoms with E-state index in [4.69, 9.17) is 16.3 Å². The maximum atomic E-state index is 12.9. The fourth-order valence-corrected chi connectivity index (χ4v) is 4.67. The van der Waals surface area contributed by atoms with Gasteiger partial charge in [-0.2, -0.15) is 4.55 Å². The van der Waals surface area contributed by atoms with E-state index < -0.39 is 10.4 Å². The van der Waals surface area contributed by atoms with Crippen LogP contribution in [-0.2, 0) is 25.8 Å². The molecule has 1 saturated heterocycles. The van der Waals surface area contributed by atoms with Gasteiger partial charge in [0.05, 0.1) is 26.3 Å². The zero-order valence-electron chi connectivity index (χ0n) is 13.6. The largest absolute Gasteiger partial charge is 0.378 e. The summed E-state index contributed by atoms with van der Waals surface area (Å²) in [6, 6.07) is 13.8. The highest BCUT2D eigenvalue weighted by molar-refractivity contribution is 7.95. The highest BCUT2D eigenvalue weighted by Crippen LogP contribution is 2.30. The maximum absolute atomic E-state index is 12.9. The minimum Gasteiger partial charge on any atom is -0.378 e. The SMILES string of the molecule is O=C(Cc1ccc(Cl)c([S+](=O)(O)N2CCOCC2)c1)c1ccccc1. The van der Waals surface area contributed by atoms with Crippen molar-refractivity contribution in [2.24, 2.45) is 0 Å². The van der Waals surface area contributed by atoms with E-state index in [1.807, 2.05) is 6.07 Å². The first kappa shape index (κ1) is 18.2.